The Morgan fingerprint density at radius 2 is 1.84 bits per heavy atom. The standard InChI is InChI=1S/C10H21NO7.C5H4ClN/c12-2-5(3-13)11-6-1-10(18,4-14)9(17)8(16)7(6)15;6-5-2-1-3-7-4-5/h5-9,11-18H,1-4H2;1-4H/t6-,7-,8+,9-,10-;/m0./s1. The second-order valence-corrected chi connectivity index (χ2v) is 6.33. The van der Waals surface area contributed by atoms with Gasteiger partial charge in [0.1, 0.15) is 17.8 Å². The second kappa shape index (κ2) is 10.3. The summed E-state index contributed by atoms with van der Waals surface area (Å²) in [6, 6.07) is 1.98. The van der Waals surface area contributed by atoms with Crippen molar-refractivity contribution in [2.45, 2.75) is 42.4 Å². The summed E-state index contributed by atoms with van der Waals surface area (Å²) in [5, 5.41) is 69.1. The molecular formula is C15H25ClN2O7. The van der Waals surface area contributed by atoms with Crippen molar-refractivity contribution in [3.63, 3.8) is 0 Å². The molecule has 0 saturated heterocycles. The number of aromatic nitrogens is 1. The minimum Gasteiger partial charge on any atom is -0.395 e. The van der Waals surface area contributed by atoms with Crippen LogP contribution in [0.1, 0.15) is 6.42 Å². The van der Waals surface area contributed by atoms with Gasteiger partial charge in [0, 0.05) is 18.4 Å². The summed E-state index contributed by atoms with van der Waals surface area (Å²) in [7, 11) is 0. The van der Waals surface area contributed by atoms with Gasteiger partial charge in [-0.15, -0.1) is 0 Å². The minimum atomic E-state index is -1.94. The monoisotopic (exact) mass is 380 g/mol. The molecule has 1 aromatic rings. The largest absolute Gasteiger partial charge is 0.395 e. The van der Waals surface area contributed by atoms with Crippen molar-refractivity contribution in [3.05, 3.63) is 29.5 Å². The first-order valence-electron chi connectivity index (χ1n) is 7.69. The Hall–Kier alpha value is -0.880. The molecule has 0 aliphatic heterocycles. The van der Waals surface area contributed by atoms with Crippen LogP contribution in [0.15, 0.2) is 24.5 Å². The Labute approximate surface area is 150 Å². The number of halogens is 1. The van der Waals surface area contributed by atoms with Gasteiger partial charge in [0.25, 0.3) is 0 Å². The summed E-state index contributed by atoms with van der Waals surface area (Å²) in [5.74, 6) is 0. The van der Waals surface area contributed by atoms with Gasteiger partial charge in [0.15, 0.2) is 0 Å². The van der Waals surface area contributed by atoms with E-state index in [9.17, 15) is 20.4 Å². The molecule has 1 fully saturated rings. The molecule has 0 bridgehead atoms. The Morgan fingerprint density at radius 3 is 2.24 bits per heavy atom. The predicted octanol–water partition coefficient (Wildman–Crippen LogP) is -2.76. The third kappa shape index (κ3) is 6.10. The molecule has 0 unspecified atom stereocenters. The molecule has 8 N–H and O–H groups in total. The lowest BCUT2D eigenvalue weighted by molar-refractivity contribution is -0.207. The Morgan fingerprint density at radius 1 is 1.20 bits per heavy atom. The zero-order chi connectivity index (χ0) is 19.0. The molecule has 1 heterocycles. The van der Waals surface area contributed by atoms with Gasteiger partial charge in [-0.25, -0.2) is 0 Å². The summed E-state index contributed by atoms with van der Waals surface area (Å²) >= 11 is 5.48. The van der Waals surface area contributed by atoms with Crippen LogP contribution in [0, 0.1) is 0 Å². The summed E-state index contributed by atoms with van der Waals surface area (Å²) < 4.78 is 0. The maximum absolute atomic E-state index is 9.93. The molecule has 0 radical (unpaired) electrons. The van der Waals surface area contributed by atoms with Crippen LogP contribution in [0.4, 0.5) is 0 Å². The third-order valence-electron chi connectivity index (χ3n) is 4.00. The zero-order valence-electron chi connectivity index (χ0n) is 13.5. The molecule has 25 heavy (non-hydrogen) atoms. The van der Waals surface area contributed by atoms with Crippen molar-refractivity contribution in [1.82, 2.24) is 10.3 Å². The number of nitrogens with zero attached hydrogens (tertiary/aromatic N) is 1. The van der Waals surface area contributed by atoms with Gasteiger partial charge in [-0.1, -0.05) is 11.6 Å². The maximum atomic E-state index is 9.93. The van der Waals surface area contributed by atoms with Crippen LogP contribution >= 0.6 is 11.6 Å². The number of hydrogen-bond acceptors (Lipinski definition) is 9. The number of aliphatic hydroxyl groups is 7. The third-order valence-corrected chi connectivity index (χ3v) is 4.22. The van der Waals surface area contributed by atoms with E-state index in [-0.39, 0.29) is 6.42 Å². The summed E-state index contributed by atoms with van der Waals surface area (Å²) in [6.07, 6.45) is -1.62. The molecule has 1 aliphatic carbocycles. The molecule has 9 nitrogen and oxygen atoms in total. The smallest absolute Gasteiger partial charge is 0.118 e. The fourth-order valence-corrected chi connectivity index (χ4v) is 2.62. The highest BCUT2D eigenvalue weighted by molar-refractivity contribution is 6.30. The van der Waals surface area contributed by atoms with Crippen LogP contribution < -0.4 is 5.32 Å². The fourth-order valence-electron chi connectivity index (χ4n) is 2.49. The van der Waals surface area contributed by atoms with Crippen LogP contribution in [0.3, 0.4) is 0 Å². The summed E-state index contributed by atoms with van der Waals surface area (Å²) in [6.45, 7) is -1.56. The number of pyridine rings is 1. The van der Waals surface area contributed by atoms with Crippen LogP contribution in [0.2, 0.25) is 5.02 Å². The number of hydrogen-bond donors (Lipinski definition) is 8. The normalized spacial score (nSPS) is 32.2. The van der Waals surface area contributed by atoms with E-state index >= 15 is 0 Å². The lowest BCUT2D eigenvalue weighted by Crippen LogP contribution is -2.68. The summed E-state index contributed by atoms with van der Waals surface area (Å²) in [4.78, 5) is 3.75. The lowest BCUT2D eigenvalue weighted by atomic mass is 9.76. The quantitative estimate of drug-likeness (QED) is 0.270. The second-order valence-electron chi connectivity index (χ2n) is 5.90. The first kappa shape index (κ1) is 22.2. The van der Waals surface area contributed by atoms with Gasteiger partial charge in [-0.2, -0.15) is 0 Å². The van der Waals surface area contributed by atoms with E-state index < -0.39 is 55.8 Å². The van der Waals surface area contributed by atoms with Crippen LogP contribution in [0.25, 0.3) is 0 Å². The van der Waals surface area contributed by atoms with Gasteiger partial charge in [-0.3, -0.25) is 4.98 Å². The predicted molar refractivity (Wildman–Crippen MR) is 88.8 cm³/mol. The van der Waals surface area contributed by atoms with Gasteiger partial charge < -0.3 is 41.1 Å². The van der Waals surface area contributed by atoms with Crippen LogP contribution in [-0.2, 0) is 0 Å². The van der Waals surface area contributed by atoms with E-state index in [1.807, 2.05) is 0 Å². The fraction of sp³-hybridized carbons (Fsp3) is 0.667. The van der Waals surface area contributed by atoms with Gasteiger partial charge in [-0.05, 0) is 18.6 Å². The number of rotatable bonds is 5. The highest BCUT2D eigenvalue weighted by atomic mass is 35.5. The highest BCUT2D eigenvalue weighted by Crippen LogP contribution is 2.29. The van der Waals surface area contributed by atoms with Crippen molar-refractivity contribution in [2.75, 3.05) is 19.8 Å². The van der Waals surface area contributed by atoms with E-state index in [0.29, 0.717) is 5.02 Å². The molecule has 5 atom stereocenters. The van der Waals surface area contributed by atoms with Gasteiger partial charge in [0.2, 0.25) is 0 Å². The van der Waals surface area contributed by atoms with Gasteiger partial charge >= 0.3 is 0 Å². The van der Waals surface area contributed by atoms with E-state index in [2.05, 4.69) is 10.3 Å². The Bertz CT molecular complexity index is 494. The molecule has 1 saturated carbocycles. The van der Waals surface area contributed by atoms with Crippen molar-refractivity contribution < 1.29 is 35.7 Å². The first-order chi connectivity index (χ1) is 11.8. The molecule has 0 amide bonds. The lowest BCUT2D eigenvalue weighted by Gasteiger charge is -2.46. The molecule has 0 aromatic carbocycles. The van der Waals surface area contributed by atoms with Gasteiger partial charge in [0.05, 0.1) is 37.0 Å². The van der Waals surface area contributed by atoms with E-state index in [1.165, 1.54) is 0 Å². The molecule has 0 spiro atoms. The molecule has 1 aromatic heterocycles. The average Bonchev–Trinajstić information content (AvgIpc) is 2.63. The SMILES string of the molecule is Clc1cccnc1.OCC(CO)N[C@H]1C[C@](O)(CO)[C@@H](O)[C@H](O)[C@H]1O. The zero-order valence-corrected chi connectivity index (χ0v) is 14.2. The molecule has 144 valence electrons. The summed E-state index contributed by atoms with van der Waals surface area (Å²) in [5.41, 5.74) is -1.94. The number of nitrogens with one attached hydrogen (secondary N) is 1. The topological polar surface area (TPSA) is 167 Å². The Balaban J connectivity index is 0.000000370. The van der Waals surface area contributed by atoms with Crippen LogP contribution in [-0.4, -0.2) is 96.5 Å². The first-order valence-corrected chi connectivity index (χ1v) is 8.07. The van der Waals surface area contributed by atoms with E-state index in [0.717, 1.165) is 0 Å². The molecular weight excluding hydrogens is 356 g/mol. The minimum absolute atomic E-state index is 0.223. The van der Waals surface area contributed by atoms with E-state index in [1.54, 1.807) is 24.5 Å². The van der Waals surface area contributed by atoms with Crippen molar-refractivity contribution >= 4 is 11.6 Å². The molecule has 10 heteroatoms. The van der Waals surface area contributed by atoms with Crippen LogP contribution in [0.5, 0.6) is 0 Å². The van der Waals surface area contributed by atoms with Crippen molar-refractivity contribution in [2.24, 2.45) is 0 Å². The highest BCUT2D eigenvalue weighted by Gasteiger charge is 2.51. The average molecular weight is 381 g/mol. The van der Waals surface area contributed by atoms with Crippen molar-refractivity contribution in [1.29, 1.82) is 0 Å². The molecule has 2 rings (SSSR count). The molecule has 1 aliphatic rings. The Kier molecular flexibility index (Phi) is 9.14. The maximum Gasteiger partial charge on any atom is 0.118 e. The van der Waals surface area contributed by atoms with E-state index in [4.69, 9.17) is 26.9 Å². The van der Waals surface area contributed by atoms with Crippen molar-refractivity contribution in [3.8, 4) is 0 Å². The number of aliphatic hydroxyl groups excluding tert-OH is 6.